The smallest absolute Gasteiger partial charge is 0.212 e. The quantitative estimate of drug-likeness (QED) is 0.554. The minimum atomic E-state index is 0.596. The van der Waals surface area contributed by atoms with Gasteiger partial charge in [-0.2, -0.15) is 5.10 Å². The molecule has 6 heteroatoms. The molecule has 6 nitrogen and oxygen atoms in total. The molecule has 0 aliphatic carbocycles. The van der Waals surface area contributed by atoms with Crippen molar-refractivity contribution in [2.75, 3.05) is 14.2 Å². The average Bonchev–Trinajstić information content (AvgIpc) is 3.11. The number of benzene rings is 1. The molecule has 3 heterocycles. The monoisotopic (exact) mass is 346 g/mol. The average molecular weight is 346 g/mol. The van der Waals surface area contributed by atoms with Crippen LogP contribution in [-0.2, 0) is 6.42 Å². The molecule has 26 heavy (non-hydrogen) atoms. The summed E-state index contributed by atoms with van der Waals surface area (Å²) in [5.74, 6) is 2.17. The fourth-order valence-electron chi connectivity index (χ4n) is 2.82. The first-order valence-corrected chi connectivity index (χ1v) is 8.25. The van der Waals surface area contributed by atoms with E-state index in [9.17, 15) is 0 Å². The molecule has 0 N–H and O–H groups in total. The molecule has 3 aromatic heterocycles. The van der Waals surface area contributed by atoms with E-state index in [4.69, 9.17) is 9.47 Å². The lowest BCUT2D eigenvalue weighted by Gasteiger charge is -2.05. The van der Waals surface area contributed by atoms with Gasteiger partial charge in [-0.3, -0.25) is 0 Å². The van der Waals surface area contributed by atoms with E-state index >= 15 is 0 Å². The van der Waals surface area contributed by atoms with Crippen LogP contribution in [0, 0.1) is 0 Å². The molecule has 0 unspecified atom stereocenters. The summed E-state index contributed by atoms with van der Waals surface area (Å²) >= 11 is 0. The summed E-state index contributed by atoms with van der Waals surface area (Å²) in [6.45, 7) is 0. The zero-order valence-corrected chi connectivity index (χ0v) is 14.6. The van der Waals surface area contributed by atoms with Crippen LogP contribution in [0.25, 0.3) is 16.9 Å². The Morgan fingerprint density at radius 3 is 2.46 bits per heavy atom. The van der Waals surface area contributed by atoms with Gasteiger partial charge in [-0.05, 0) is 42.0 Å². The summed E-state index contributed by atoms with van der Waals surface area (Å²) in [6, 6.07) is 17.7. The lowest BCUT2D eigenvalue weighted by atomic mass is 10.1. The second-order valence-corrected chi connectivity index (χ2v) is 5.82. The van der Waals surface area contributed by atoms with E-state index in [2.05, 4.69) is 15.1 Å². The van der Waals surface area contributed by atoms with E-state index < -0.39 is 0 Å². The van der Waals surface area contributed by atoms with Crippen molar-refractivity contribution in [2.24, 2.45) is 0 Å². The second-order valence-electron chi connectivity index (χ2n) is 5.82. The topological polar surface area (TPSA) is 61.5 Å². The Labute approximate surface area is 151 Å². The SMILES string of the molecule is COc1ccc(-c2cccc3nc(Cc4ccc(OC)nc4)nn23)cc1. The maximum atomic E-state index is 5.23. The molecule has 0 radical (unpaired) electrons. The largest absolute Gasteiger partial charge is 0.497 e. The molecule has 0 fully saturated rings. The van der Waals surface area contributed by atoms with Crippen LogP contribution in [0.4, 0.5) is 0 Å². The number of ether oxygens (including phenoxy) is 2. The molecular weight excluding hydrogens is 328 g/mol. The van der Waals surface area contributed by atoms with Crippen molar-refractivity contribution in [1.82, 2.24) is 19.6 Å². The highest BCUT2D eigenvalue weighted by Crippen LogP contribution is 2.23. The highest BCUT2D eigenvalue weighted by atomic mass is 16.5. The zero-order valence-electron chi connectivity index (χ0n) is 14.6. The Bertz CT molecular complexity index is 1020. The third kappa shape index (κ3) is 3.09. The van der Waals surface area contributed by atoms with Gasteiger partial charge in [0.25, 0.3) is 0 Å². The van der Waals surface area contributed by atoms with Crippen LogP contribution in [-0.4, -0.2) is 33.8 Å². The Kier molecular flexibility index (Phi) is 4.23. The number of rotatable bonds is 5. The summed E-state index contributed by atoms with van der Waals surface area (Å²) < 4.78 is 12.2. The van der Waals surface area contributed by atoms with E-state index in [0.29, 0.717) is 12.3 Å². The molecule has 0 aliphatic rings. The van der Waals surface area contributed by atoms with Crippen molar-refractivity contribution in [3.8, 4) is 22.9 Å². The molecule has 4 aromatic rings. The van der Waals surface area contributed by atoms with Crippen LogP contribution in [0.2, 0.25) is 0 Å². The van der Waals surface area contributed by atoms with E-state index in [0.717, 1.165) is 34.0 Å². The van der Waals surface area contributed by atoms with Gasteiger partial charge < -0.3 is 9.47 Å². The minimum absolute atomic E-state index is 0.596. The number of pyridine rings is 2. The van der Waals surface area contributed by atoms with Gasteiger partial charge in [-0.25, -0.2) is 14.5 Å². The van der Waals surface area contributed by atoms with Crippen molar-refractivity contribution in [3.63, 3.8) is 0 Å². The standard InChI is InChI=1S/C20H18N4O2/c1-25-16-9-7-15(8-10-16)17-4-3-5-19-22-18(23-24(17)19)12-14-6-11-20(26-2)21-13-14/h3-11,13H,12H2,1-2H3. The van der Waals surface area contributed by atoms with Gasteiger partial charge in [-0.15, -0.1) is 0 Å². The third-order valence-corrected chi connectivity index (χ3v) is 4.16. The first kappa shape index (κ1) is 16.1. The van der Waals surface area contributed by atoms with Crippen LogP contribution >= 0.6 is 0 Å². The fourth-order valence-corrected chi connectivity index (χ4v) is 2.82. The Balaban J connectivity index is 1.68. The van der Waals surface area contributed by atoms with E-state index in [1.165, 1.54) is 0 Å². The molecule has 130 valence electrons. The molecule has 0 saturated carbocycles. The van der Waals surface area contributed by atoms with Gasteiger partial charge in [0.1, 0.15) is 5.75 Å². The highest BCUT2D eigenvalue weighted by Gasteiger charge is 2.10. The van der Waals surface area contributed by atoms with Crippen molar-refractivity contribution >= 4 is 5.65 Å². The van der Waals surface area contributed by atoms with Gasteiger partial charge in [-0.1, -0.05) is 12.1 Å². The predicted molar refractivity (Wildman–Crippen MR) is 98.6 cm³/mol. The van der Waals surface area contributed by atoms with E-state index in [-0.39, 0.29) is 0 Å². The maximum Gasteiger partial charge on any atom is 0.212 e. The summed E-state index contributed by atoms with van der Waals surface area (Å²) in [6.07, 6.45) is 2.40. The van der Waals surface area contributed by atoms with Gasteiger partial charge in [0.15, 0.2) is 11.5 Å². The van der Waals surface area contributed by atoms with E-state index in [1.54, 1.807) is 20.4 Å². The van der Waals surface area contributed by atoms with Crippen molar-refractivity contribution in [3.05, 3.63) is 72.2 Å². The lowest BCUT2D eigenvalue weighted by molar-refractivity contribution is 0.397. The molecule has 0 atom stereocenters. The predicted octanol–water partition coefficient (Wildman–Crippen LogP) is 3.40. The van der Waals surface area contributed by atoms with Crippen LogP contribution in [0.3, 0.4) is 0 Å². The molecule has 4 rings (SSSR count). The third-order valence-electron chi connectivity index (χ3n) is 4.16. The first-order valence-electron chi connectivity index (χ1n) is 8.25. The number of hydrogen-bond acceptors (Lipinski definition) is 5. The molecule has 0 amide bonds. The Morgan fingerprint density at radius 1 is 0.923 bits per heavy atom. The zero-order chi connectivity index (χ0) is 17.9. The van der Waals surface area contributed by atoms with Crippen molar-refractivity contribution < 1.29 is 9.47 Å². The first-order chi connectivity index (χ1) is 12.8. The number of fused-ring (bicyclic) bond motifs is 1. The van der Waals surface area contributed by atoms with Gasteiger partial charge in [0, 0.05) is 24.2 Å². The van der Waals surface area contributed by atoms with E-state index in [1.807, 2.05) is 59.1 Å². The summed E-state index contributed by atoms with van der Waals surface area (Å²) in [7, 11) is 3.26. The van der Waals surface area contributed by atoms with Crippen LogP contribution in [0.5, 0.6) is 11.6 Å². The maximum absolute atomic E-state index is 5.23. The highest BCUT2D eigenvalue weighted by molar-refractivity contribution is 5.63. The molecule has 1 aromatic carbocycles. The number of aromatic nitrogens is 4. The lowest BCUT2D eigenvalue weighted by Crippen LogP contribution is -1.96. The normalized spacial score (nSPS) is 10.8. The summed E-state index contributed by atoms with van der Waals surface area (Å²) in [5, 5.41) is 4.68. The van der Waals surface area contributed by atoms with Crippen LogP contribution in [0.1, 0.15) is 11.4 Å². The summed E-state index contributed by atoms with van der Waals surface area (Å²) in [4.78, 5) is 8.87. The Morgan fingerprint density at radius 2 is 1.77 bits per heavy atom. The molecule has 0 spiro atoms. The van der Waals surface area contributed by atoms with Crippen molar-refractivity contribution in [2.45, 2.75) is 6.42 Å². The molecule has 0 saturated heterocycles. The van der Waals surface area contributed by atoms with Crippen LogP contribution < -0.4 is 9.47 Å². The number of hydrogen-bond donors (Lipinski definition) is 0. The second kappa shape index (κ2) is 6.84. The Hall–Kier alpha value is -3.41. The number of nitrogens with zero attached hydrogens (tertiary/aromatic N) is 4. The molecular formula is C20H18N4O2. The van der Waals surface area contributed by atoms with Gasteiger partial charge in [0.2, 0.25) is 5.88 Å². The van der Waals surface area contributed by atoms with Gasteiger partial charge >= 0.3 is 0 Å². The summed E-state index contributed by atoms with van der Waals surface area (Å²) in [5.41, 5.74) is 3.89. The minimum Gasteiger partial charge on any atom is -0.497 e. The van der Waals surface area contributed by atoms with Crippen molar-refractivity contribution in [1.29, 1.82) is 0 Å². The molecule has 0 bridgehead atoms. The number of methoxy groups -OCH3 is 2. The fraction of sp³-hybridized carbons (Fsp3) is 0.150. The van der Waals surface area contributed by atoms with Crippen LogP contribution in [0.15, 0.2) is 60.8 Å². The van der Waals surface area contributed by atoms with Gasteiger partial charge in [0.05, 0.1) is 19.9 Å². The molecule has 0 aliphatic heterocycles.